The Morgan fingerprint density at radius 2 is 1.93 bits per heavy atom. The van der Waals surface area contributed by atoms with Gasteiger partial charge in [0.15, 0.2) is 0 Å². The fourth-order valence-electron chi connectivity index (χ4n) is 1.53. The van der Waals surface area contributed by atoms with E-state index in [9.17, 15) is 0 Å². The molecule has 0 spiro atoms. The Labute approximate surface area is 88.8 Å². The molecule has 2 aromatic rings. The molecule has 0 aliphatic carbocycles. The van der Waals surface area contributed by atoms with Crippen molar-refractivity contribution in [3.63, 3.8) is 0 Å². The van der Waals surface area contributed by atoms with Gasteiger partial charge in [-0.15, -0.1) is 0 Å². The van der Waals surface area contributed by atoms with Gasteiger partial charge in [-0.05, 0) is 36.2 Å². The van der Waals surface area contributed by atoms with Crippen LogP contribution in [0.1, 0.15) is 5.56 Å². The van der Waals surface area contributed by atoms with E-state index in [4.69, 9.17) is 11.5 Å². The molecule has 2 rings (SSSR count). The molecule has 0 saturated carbocycles. The first-order chi connectivity index (χ1) is 7.18. The maximum absolute atomic E-state index is 5.81. The van der Waals surface area contributed by atoms with Gasteiger partial charge in [-0.25, -0.2) is 0 Å². The molecule has 0 fully saturated rings. The van der Waals surface area contributed by atoms with Gasteiger partial charge in [0, 0.05) is 18.0 Å². The quantitative estimate of drug-likeness (QED) is 0.692. The summed E-state index contributed by atoms with van der Waals surface area (Å²) in [6.07, 6.45) is 3.56. The van der Waals surface area contributed by atoms with Crippen molar-refractivity contribution in [1.29, 1.82) is 0 Å². The van der Waals surface area contributed by atoms with E-state index in [1.165, 1.54) is 0 Å². The van der Waals surface area contributed by atoms with Crippen LogP contribution in [0.15, 0.2) is 36.7 Å². The smallest absolute Gasteiger partial charge is 0.0577 e. The van der Waals surface area contributed by atoms with Gasteiger partial charge in [0.05, 0.1) is 11.4 Å². The molecule has 0 unspecified atom stereocenters. The van der Waals surface area contributed by atoms with Crippen LogP contribution in [-0.4, -0.2) is 4.98 Å². The van der Waals surface area contributed by atoms with Crippen LogP contribution in [0, 0.1) is 6.92 Å². The predicted octanol–water partition coefficient (Wildman–Crippen LogP) is 2.22. The number of benzene rings is 1. The third-order valence-corrected chi connectivity index (χ3v) is 2.41. The van der Waals surface area contributed by atoms with Crippen molar-refractivity contribution < 1.29 is 0 Å². The fraction of sp³-hybridized carbons (Fsp3) is 0.0833. The lowest BCUT2D eigenvalue weighted by molar-refractivity contribution is 1.33. The predicted molar refractivity (Wildman–Crippen MR) is 63.2 cm³/mol. The molecule has 0 aliphatic rings. The minimum absolute atomic E-state index is 0.619. The van der Waals surface area contributed by atoms with Gasteiger partial charge in [0.1, 0.15) is 0 Å². The number of nitrogens with two attached hydrogens (primary N) is 2. The molecule has 0 amide bonds. The van der Waals surface area contributed by atoms with E-state index in [1.54, 1.807) is 6.20 Å². The second-order valence-corrected chi connectivity index (χ2v) is 3.54. The van der Waals surface area contributed by atoms with E-state index in [-0.39, 0.29) is 0 Å². The average Bonchev–Trinajstić information content (AvgIpc) is 2.26. The van der Waals surface area contributed by atoms with Crippen LogP contribution in [0.5, 0.6) is 0 Å². The van der Waals surface area contributed by atoms with Gasteiger partial charge in [-0.2, -0.15) is 0 Å². The normalized spacial score (nSPS) is 10.2. The summed E-state index contributed by atoms with van der Waals surface area (Å²) in [6.45, 7) is 1.95. The third-order valence-electron chi connectivity index (χ3n) is 2.41. The Morgan fingerprint density at radius 3 is 2.53 bits per heavy atom. The molecule has 3 heteroatoms. The summed E-state index contributed by atoms with van der Waals surface area (Å²) >= 11 is 0. The molecule has 1 aromatic carbocycles. The van der Waals surface area contributed by atoms with Gasteiger partial charge in [0.2, 0.25) is 0 Å². The molecule has 3 nitrogen and oxygen atoms in total. The average molecular weight is 199 g/mol. The molecule has 4 N–H and O–H groups in total. The summed E-state index contributed by atoms with van der Waals surface area (Å²) in [7, 11) is 0. The zero-order valence-electron chi connectivity index (χ0n) is 8.57. The van der Waals surface area contributed by atoms with Crippen molar-refractivity contribution in [2.45, 2.75) is 6.92 Å². The SMILES string of the molecule is Cc1cc(-c2cccnc2)cc(N)c1N. The summed E-state index contributed by atoms with van der Waals surface area (Å²) < 4.78 is 0. The van der Waals surface area contributed by atoms with Crippen molar-refractivity contribution in [3.8, 4) is 11.1 Å². The van der Waals surface area contributed by atoms with Crippen molar-refractivity contribution >= 4 is 11.4 Å². The van der Waals surface area contributed by atoms with Crippen molar-refractivity contribution in [2.24, 2.45) is 0 Å². The highest BCUT2D eigenvalue weighted by Crippen LogP contribution is 2.27. The molecular weight excluding hydrogens is 186 g/mol. The lowest BCUT2D eigenvalue weighted by Gasteiger charge is -2.08. The molecule has 15 heavy (non-hydrogen) atoms. The minimum atomic E-state index is 0.619. The second kappa shape index (κ2) is 3.61. The van der Waals surface area contributed by atoms with E-state index in [2.05, 4.69) is 4.98 Å². The number of rotatable bonds is 1. The van der Waals surface area contributed by atoms with Gasteiger partial charge < -0.3 is 11.5 Å². The van der Waals surface area contributed by atoms with Gasteiger partial charge in [0.25, 0.3) is 0 Å². The summed E-state index contributed by atoms with van der Waals surface area (Å²) in [5.74, 6) is 0. The summed E-state index contributed by atoms with van der Waals surface area (Å²) in [5.41, 5.74) is 16.0. The number of nitrogens with zero attached hydrogens (tertiary/aromatic N) is 1. The standard InChI is InChI=1S/C12H13N3/c1-8-5-10(6-11(13)12(8)14)9-3-2-4-15-7-9/h2-7H,13-14H2,1H3. The Hall–Kier alpha value is -2.03. The monoisotopic (exact) mass is 199 g/mol. The maximum Gasteiger partial charge on any atom is 0.0577 e. The molecule has 1 heterocycles. The zero-order chi connectivity index (χ0) is 10.8. The largest absolute Gasteiger partial charge is 0.397 e. The van der Waals surface area contributed by atoms with Crippen LogP contribution >= 0.6 is 0 Å². The van der Waals surface area contributed by atoms with Gasteiger partial charge >= 0.3 is 0 Å². The van der Waals surface area contributed by atoms with Gasteiger partial charge in [-0.3, -0.25) is 4.98 Å². The van der Waals surface area contributed by atoms with E-state index in [1.807, 2.05) is 37.4 Å². The molecule has 0 radical (unpaired) electrons. The Balaban J connectivity index is 2.56. The third kappa shape index (κ3) is 1.76. The minimum Gasteiger partial charge on any atom is -0.397 e. The van der Waals surface area contributed by atoms with Crippen LogP contribution in [0.4, 0.5) is 11.4 Å². The molecule has 0 aliphatic heterocycles. The van der Waals surface area contributed by atoms with Crippen LogP contribution < -0.4 is 11.5 Å². The number of pyridine rings is 1. The highest BCUT2D eigenvalue weighted by atomic mass is 14.7. The second-order valence-electron chi connectivity index (χ2n) is 3.54. The number of nitrogen functional groups attached to an aromatic ring is 2. The molecule has 0 atom stereocenters. The number of anilines is 2. The van der Waals surface area contributed by atoms with Gasteiger partial charge in [-0.1, -0.05) is 6.07 Å². The first-order valence-electron chi connectivity index (χ1n) is 4.74. The lowest BCUT2D eigenvalue weighted by Crippen LogP contribution is -1.97. The number of hydrogen-bond donors (Lipinski definition) is 2. The van der Waals surface area contributed by atoms with Crippen LogP contribution in [0.25, 0.3) is 11.1 Å². The first kappa shape index (κ1) is 9.52. The van der Waals surface area contributed by atoms with Crippen LogP contribution in [-0.2, 0) is 0 Å². The molecule has 76 valence electrons. The lowest BCUT2D eigenvalue weighted by atomic mass is 10.0. The van der Waals surface area contributed by atoms with Crippen molar-refractivity contribution in [1.82, 2.24) is 4.98 Å². The number of aromatic nitrogens is 1. The highest BCUT2D eigenvalue weighted by Gasteiger charge is 2.03. The topological polar surface area (TPSA) is 64.9 Å². The Morgan fingerprint density at radius 1 is 1.13 bits per heavy atom. The summed E-state index contributed by atoms with van der Waals surface area (Å²) in [6, 6.07) is 7.79. The summed E-state index contributed by atoms with van der Waals surface area (Å²) in [5, 5.41) is 0. The highest BCUT2D eigenvalue weighted by molar-refractivity contribution is 5.76. The molecule has 1 aromatic heterocycles. The summed E-state index contributed by atoms with van der Waals surface area (Å²) in [4.78, 5) is 4.07. The first-order valence-corrected chi connectivity index (χ1v) is 4.74. The van der Waals surface area contributed by atoms with E-state index < -0.39 is 0 Å². The van der Waals surface area contributed by atoms with Crippen LogP contribution in [0.3, 0.4) is 0 Å². The Bertz CT molecular complexity index is 454. The zero-order valence-corrected chi connectivity index (χ0v) is 8.57. The van der Waals surface area contributed by atoms with E-state index in [0.29, 0.717) is 11.4 Å². The van der Waals surface area contributed by atoms with Crippen molar-refractivity contribution in [2.75, 3.05) is 11.5 Å². The number of hydrogen-bond acceptors (Lipinski definition) is 3. The molecule has 0 saturated heterocycles. The molecular formula is C12H13N3. The molecule has 0 bridgehead atoms. The van der Waals surface area contributed by atoms with Crippen LogP contribution in [0.2, 0.25) is 0 Å². The maximum atomic E-state index is 5.81. The fourth-order valence-corrected chi connectivity index (χ4v) is 1.53. The van der Waals surface area contributed by atoms with E-state index >= 15 is 0 Å². The number of aryl methyl sites for hydroxylation is 1. The van der Waals surface area contributed by atoms with Crippen molar-refractivity contribution in [3.05, 3.63) is 42.2 Å². The Kier molecular flexibility index (Phi) is 2.29. The van der Waals surface area contributed by atoms with E-state index in [0.717, 1.165) is 16.7 Å².